The molecule has 0 unspecified atom stereocenters. The number of unbranched alkanes of at least 4 members (excludes halogenated alkanes) is 1. The molecule has 188 valence electrons. The lowest BCUT2D eigenvalue weighted by molar-refractivity contribution is -0.134. The zero-order valence-corrected chi connectivity index (χ0v) is 21.5. The maximum absolute atomic E-state index is 13.5. The van der Waals surface area contributed by atoms with Gasteiger partial charge in [-0.2, -0.15) is 5.26 Å². The SMILES string of the molecule is CCCCC1=NC2(CCOCC2)C(=O)N1Cc1ccc(-c2cc(-c3cc(C)ccn3)ccc2C#N)cc1. The van der Waals surface area contributed by atoms with Gasteiger partial charge in [-0.3, -0.25) is 19.7 Å². The molecule has 0 N–H and O–H groups in total. The van der Waals surface area contributed by atoms with Gasteiger partial charge in [0.2, 0.25) is 0 Å². The van der Waals surface area contributed by atoms with Crippen molar-refractivity contribution in [2.45, 2.75) is 58.0 Å². The lowest BCUT2D eigenvalue weighted by Gasteiger charge is -2.29. The highest BCUT2D eigenvalue weighted by Gasteiger charge is 2.48. The molecule has 0 aliphatic carbocycles. The molecule has 1 amide bonds. The first-order chi connectivity index (χ1) is 18.0. The van der Waals surface area contributed by atoms with Crippen molar-refractivity contribution in [1.29, 1.82) is 5.26 Å². The van der Waals surface area contributed by atoms with Crippen LogP contribution < -0.4 is 0 Å². The summed E-state index contributed by atoms with van der Waals surface area (Å²) in [6.45, 7) is 5.86. The summed E-state index contributed by atoms with van der Waals surface area (Å²) in [4.78, 5) is 24.9. The van der Waals surface area contributed by atoms with Crippen LogP contribution in [-0.4, -0.2) is 40.4 Å². The summed E-state index contributed by atoms with van der Waals surface area (Å²) >= 11 is 0. The molecule has 0 radical (unpaired) electrons. The van der Waals surface area contributed by atoms with Crippen molar-refractivity contribution in [3.63, 3.8) is 0 Å². The van der Waals surface area contributed by atoms with Gasteiger partial charge in [-0.15, -0.1) is 0 Å². The number of aromatic nitrogens is 1. The van der Waals surface area contributed by atoms with Crippen molar-refractivity contribution in [2.75, 3.05) is 13.2 Å². The number of hydrogen-bond acceptors (Lipinski definition) is 5. The van der Waals surface area contributed by atoms with Crippen LogP contribution in [0.4, 0.5) is 0 Å². The third-order valence-electron chi connectivity index (χ3n) is 7.33. The molecule has 1 aromatic heterocycles. The first-order valence-corrected chi connectivity index (χ1v) is 13.1. The minimum Gasteiger partial charge on any atom is -0.381 e. The Bertz CT molecular complexity index is 1360. The number of aliphatic imine (C=N–C) groups is 1. The Kier molecular flexibility index (Phi) is 7.16. The number of hydrogen-bond donors (Lipinski definition) is 0. The monoisotopic (exact) mass is 492 g/mol. The first kappa shape index (κ1) is 24.9. The predicted molar refractivity (Wildman–Crippen MR) is 145 cm³/mol. The van der Waals surface area contributed by atoms with Crippen LogP contribution in [0.25, 0.3) is 22.4 Å². The Morgan fingerprint density at radius 3 is 2.51 bits per heavy atom. The van der Waals surface area contributed by atoms with Crippen LogP contribution in [0, 0.1) is 18.3 Å². The van der Waals surface area contributed by atoms with Gasteiger partial charge in [0.15, 0.2) is 0 Å². The summed E-state index contributed by atoms with van der Waals surface area (Å²) < 4.78 is 5.52. The van der Waals surface area contributed by atoms with Crippen LogP contribution in [0.5, 0.6) is 0 Å². The van der Waals surface area contributed by atoms with E-state index in [1.54, 1.807) is 6.20 Å². The summed E-state index contributed by atoms with van der Waals surface area (Å²) in [7, 11) is 0. The number of amidine groups is 1. The number of ether oxygens (including phenoxy) is 1. The Morgan fingerprint density at radius 1 is 1.05 bits per heavy atom. The van der Waals surface area contributed by atoms with E-state index in [2.05, 4.69) is 18.0 Å². The number of carbonyl (C=O) groups excluding carboxylic acids is 1. The molecule has 0 atom stereocenters. The number of rotatable bonds is 7. The number of amides is 1. The smallest absolute Gasteiger partial charge is 0.256 e. The lowest BCUT2D eigenvalue weighted by Crippen LogP contribution is -2.45. The largest absolute Gasteiger partial charge is 0.381 e. The zero-order chi connectivity index (χ0) is 25.8. The number of pyridine rings is 1. The van der Waals surface area contributed by atoms with E-state index in [0.29, 0.717) is 38.2 Å². The van der Waals surface area contributed by atoms with Crippen molar-refractivity contribution in [3.8, 4) is 28.5 Å². The zero-order valence-electron chi connectivity index (χ0n) is 21.5. The van der Waals surface area contributed by atoms with E-state index in [9.17, 15) is 10.1 Å². The molecule has 2 aliphatic rings. The maximum Gasteiger partial charge on any atom is 0.256 e. The molecule has 1 fully saturated rings. The van der Waals surface area contributed by atoms with Gasteiger partial charge in [0.1, 0.15) is 11.4 Å². The molecule has 3 heterocycles. The summed E-state index contributed by atoms with van der Waals surface area (Å²) in [6.07, 6.45) is 6.00. The van der Waals surface area contributed by atoms with Crippen LogP contribution in [0.15, 0.2) is 65.8 Å². The van der Waals surface area contributed by atoms with E-state index in [4.69, 9.17) is 9.73 Å². The molecular weight excluding hydrogens is 460 g/mol. The van der Waals surface area contributed by atoms with Gasteiger partial charge in [0.05, 0.1) is 23.9 Å². The van der Waals surface area contributed by atoms with E-state index in [0.717, 1.165) is 58.6 Å². The minimum atomic E-state index is -0.646. The number of benzene rings is 2. The molecule has 3 aromatic rings. The molecule has 6 nitrogen and oxygen atoms in total. The number of aryl methyl sites for hydroxylation is 1. The molecule has 37 heavy (non-hydrogen) atoms. The first-order valence-electron chi connectivity index (χ1n) is 13.1. The van der Waals surface area contributed by atoms with Crippen LogP contribution in [0.3, 0.4) is 0 Å². The van der Waals surface area contributed by atoms with E-state index < -0.39 is 5.54 Å². The third-order valence-corrected chi connectivity index (χ3v) is 7.33. The lowest BCUT2D eigenvalue weighted by atomic mass is 9.90. The summed E-state index contributed by atoms with van der Waals surface area (Å²) in [5.41, 5.74) is 5.85. The van der Waals surface area contributed by atoms with Crippen molar-refractivity contribution in [2.24, 2.45) is 4.99 Å². The van der Waals surface area contributed by atoms with Crippen molar-refractivity contribution < 1.29 is 9.53 Å². The molecule has 6 heteroatoms. The second-order valence-electron chi connectivity index (χ2n) is 9.95. The molecule has 0 bridgehead atoms. The van der Waals surface area contributed by atoms with E-state index in [1.807, 2.05) is 66.4 Å². The number of nitriles is 1. The Morgan fingerprint density at radius 2 is 1.81 bits per heavy atom. The molecule has 2 aromatic carbocycles. The van der Waals surface area contributed by atoms with E-state index in [1.165, 1.54) is 0 Å². The predicted octanol–water partition coefficient (Wildman–Crippen LogP) is 6.08. The average Bonchev–Trinajstić information content (AvgIpc) is 3.17. The summed E-state index contributed by atoms with van der Waals surface area (Å²) in [6, 6.07) is 20.3. The van der Waals surface area contributed by atoms with Crippen molar-refractivity contribution in [3.05, 3.63) is 77.5 Å². The molecule has 5 rings (SSSR count). The van der Waals surface area contributed by atoms with Gasteiger partial charge in [0.25, 0.3) is 5.91 Å². The van der Waals surface area contributed by atoms with Gasteiger partial charge >= 0.3 is 0 Å². The van der Waals surface area contributed by atoms with Crippen LogP contribution in [-0.2, 0) is 16.1 Å². The highest BCUT2D eigenvalue weighted by Crippen LogP contribution is 2.35. The second-order valence-corrected chi connectivity index (χ2v) is 9.95. The van der Waals surface area contributed by atoms with Gasteiger partial charge in [-0.05, 0) is 54.3 Å². The highest BCUT2D eigenvalue weighted by atomic mass is 16.5. The molecule has 0 saturated carbocycles. The Labute approximate surface area is 218 Å². The van der Waals surface area contributed by atoms with Gasteiger partial charge in [0, 0.05) is 49.8 Å². The quantitative estimate of drug-likeness (QED) is 0.401. The van der Waals surface area contributed by atoms with E-state index in [-0.39, 0.29) is 5.91 Å². The van der Waals surface area contributed by atoms with Crippen LogP contribution >= 0.6 is 0 Å². The molecule has 2 aliphatic heterocycles. The van der Waals surface area contributed by atoms with E-state index >= 15 is 0 Å². The fourth-order valence-corrected chi connectivity index (χ4v) is 5.15. The topological polar surface area (TPSA) is 78.6 Å². The van der Waals surface area contributed by atoms with Gasteiger partial charge in [-0.25, -0.2) is 0 Å². The van der Waals surface area contributed by atoms with Gasteiger partial charge < -0.3 is 4.74 Å². The highest BCUT2D eigenvalue weighted by molar-refractivity contribution is 6.08. The molecule has 1 saturated heterocycles. The summed E-state index contributed by atoms with van der Waals surface area (Å²) in [5, 5.41) is 9.75. The number of carbonyl (C=O) groups is 1. The minimum absolute atomic E-state index is 0.108. The summed E-state index contributed by atoms with van der Waals surface area (Å²) in [5.74, 6) is 1.01. The van der Waals surface area contributed by atoms with Crippen molar-refractivity contribution >= 4 is 11.7 Å². The third kappa shape index (κ3) is 5.05. The second kappa shape index (κ2) is 10.7. The Hall–Kier alpha value is -3.82. The van der Waals surface area contributed by atoms with Crippen LogP contribution in [0.2, 0.25) is 0 Å². The average molecular weight is 493 g/mol. The van der Waals surface area contributed by atoms with Crippen LogP contribution in [0.1, 0.15) is 55.7 Å². The molecule has 1 spiro atoms. The Balaban J connectivity index is 1.40. The van der Waals surface area contributed by atoms with Gasteiger partial charge in [-0.1, -0.05) is 43.7 Å². The maximum atomic E-state index is 13.5. The normalized spacial score (nSPS) is 16.6. The molecular formula is C31H32N4O2. The fourth-order valence-electron chi connectivity index (χ4n) is 5.15. The fraction of sp³-hybridized carbons (Fsp3) is 0.355. The standard InChI is InChI=1S/C31H32N4O2/c1-3-4-5-29-34-31(13-16-37-17-14-31)30(36)35(29)21-23-6-8-24(9-7-23)27-19-25(10-11-26(27)20-32)28-18-22(2)12-15-33-28/h6-12,15,18-19H,3-5,13-14,16-17,21H2,1-2H3. The van der Waals surface area contributed by atoms with Crippen molar-refractivity contribution in [1.82, 2.24) is 9.88 Å². The number of nitrogens with zero attached hydrogens (tertiary/aromatic N) is 4.